The minimum absolute atomic E-state index is 0.749. The molecule has 3 bridgehead atoms. The molecule has 5 atom stereocenters. The number of hydrogen-bond acceptors (Lipinski definition) is 0. The van der Waals surface area contributed by atoms with Crippen molar-refractivity contribution in [3.05, 3.63) is 56.5 Å². The lowest BCUT2D eigenvalue weighted by Gasteiger charge is -2.48. The monoisotopic (exact) mass is 442 g/mol. The van der Waals surface area contributed by atoms with E-state index in [-0.39, 0.29) is 0 Å². The average Bonchev–Trinajstić information content (AvgIpc) is 2.99. The first-order valence-electron chi connectivity index (χ1n) is 9.23. The first-order chi connectivity index (χ1) is 11.6. The standard InChI is InChI=1S/C22H20Br2/c23-17-3-1-12(2-4-17)20-8-18-13-5-15-7-16-6-14(11-22(15,16)10-13)19(18)9-21(20)24/h1-4,8-9,13-16H,5-7,10-11H2. The Morgan fingerprint density at radius 3 is 2.08 bits per heavy atom. The summed E-state index contributed by atoms with van der Waals surface area (Å²) in [7, 11) is 0. The summed E-state index contributed by atoms with van der Waals surface area (Å²) in [5, 5.41) is 0. The van der Waals surface area contributed by atoms with Gasteiger partial charge < -0.3 is 0 Å². The maximum absolute atomic E-state index is 3.89. The molecule has 2 aromatic rings. The fourth-order valence-corrected chi connectivity index (χ4v) is 7.66. The highest BCUT2D eigenvalue weighted by Gasteiger charge is 2.65. The zero-order chi connectivity index (χ0) is 16.1. The molecular weight excluding hydrogens is 424 g/mol. The largest absolute Gasteiger partial charge is 0.0532 e. The van der Waals surface area contributed by atoms with Crippen LogP contribution in [-0.4, -0.2) is 0 Å². The minimum Gasteiger partial charge on any atom is -0.0532 e. The van der Waals surface area contributed by atoms with Gasteiger partial charge in [0.05, 0.1) is 0 Å². The Morgan fingerprint density at radius 1 is 0.792 bits per heavy atom. The predicted octanol–water partition coefficient (Wildman–Crippen LogP) is 7.27. The van der Waals surface area contributed by atoms with Crippen LogP contribution in [0.4, 0.5) is 0 Å². The molecule has 6 rings (SSSR count). The van der Waals surface area contributed by atoms with E-state index in [0.717, 1.165) is 33.6 Å². The lowest BCUT2D eigenvalue weighted by molar-refractivity contribution is 0.00322. The zero-order valence-corrected chi connectivity index (χ0v) is 16.7. The molecule has 122 valence electrons. The van der Waals surface area contributed by atoms with E-state index in [4.69, 9.17) is 0 Å². The van der Waals surface area contributed by atoms with E-state index in [0.29, 0.717) is 0 Å². The zero-order valence-electron chi connectivity index (χ0n) is 13.6. The summed E-state index contributed by atoms with van der Waals surface area (Å²) in [6.07, 6.45) is 7.41. The molecule has 5 unspecified atom stereocenters. The lowest BCUT2D eigenvalue weighted by atomic mass is 9.56. The fraction of sp³-hybridized carbons (Fsp3) is 0.455. The van der Waals surface area contributed by atoms with Crippen LogP contribution >= 0.6 is 31.9 Å². The van der Waals surface area contributed by atoms with Crippen molar-refractivity contribution in [2.45, 2.75) is 43.9 Å². The highest BCUT2D eigenvalue weighted by molar-refractivity contribution is 9.10. The second kappa shape index (κ2) is 4.76. The van der Waals surface area contributed by atoms with Crippen LogP contribution in [-0.2, 0) is 0 Å². The summed E-state index contributed by atoms with van der Waals surface area (Å²) >= 11 is 7.45. The Labute approximate surface area is 160 Å². The van der Waals surface area contributed by atoms with Crippen LogP contribution in [0.5, 0.6) is 0 Å². The highest BCUT2D eigenvalue weighted by atomic mass is 79.9. The van der Waals surface area contributed by atoms with Gasteiger partial charge in [-0.1, -0.05) is 44.0 Å². The molecule has 3 fully saturated rings. The van der Waals surface area contributed by atoms with Gasteiger partial charge in [-0.15, -0.1) is 0 Å². The number of benzene rings is 2. The maximum atomic E-state index is 3.89. The molecule has 0 nitrogen and oxygen atoms in total. The van der Waals surface area contributed by atoms with E-state index in [2.05, 4.69) is 68.3 Å². The molecule has 0 amide bonds. The van der Waals surface area contributed by atoms with Crippen LogP contribution in [0, 0.1) is 17.3 Å². The van der Waals surface area contributed by atoms with Gasteiger partial charge in [-0.3, -0.25) is 0 Å². The van der Waals surface area contributed by atoms with Crippen LogP contribution in [0.1, 0.15) is 55.1 Å². The quantitative estimate of drug-likeness (QED) is 0.434. The van der Waals surface area contributed by atoms with Gasteiger partial charge in [-0.25, -0.2) is 0 Å². The normalized spacial score (nSPS) is 37.8. The van der Waals surface area contributed by atoms with Gasteiger partial charge >= 0.3 is 0 Å². The van der Waals surface area contributed by atoms with E-state index in [1.54, 1.807) is 11.1 Å². The molecule has 4 aliphatic carbocycles. The van der Waals surface area contributed by atoms with Crippen molar-refractivity contribution in [3.8, 4) is 11.1 Å². The Bertz CT molecular complexity index is 853. The van der Waals surface area contributed by atoms with Gasteiger partial charge in [0.25, 0.3) is 0 Å². The summed E-state index contributed by atoms with van der Waals surface area (Å²) < 4.78 is 2.42. The van der Waals surface area contributed by atoms with Crippen LogP contribution in [0.2, 0.25) is 0 Å². The fourth-order valence-electron chi connectivity index (χ4n) is 6.81. The van der Waals surface area contributed by atoms with E-state index >= 15 is 0 Å². The smallest absolute Gasteiger partial charge is 0.0256 e. The molecule has 0 saturated heterocycles. The SMILES string of the molecule is Brc1ccc(-c2cc3c(cc2Br)C2CC4CC5CC3CC45C2)cc1. The van der Waals surface area contributed by atoms with Gasteiger partial charge in [0.15, 0.2) is 0 Å². The summed E-state index contributed by atoms with van der Waals surface area (Å²) in [5.41, 5.74) is 6.80. The van der Waals surface area contributed by atoms with Crippen molar-refractivity contribution < 1.29 is 0 Å². The van der Waals surface area contributed by atoms with E-state index in [1.807, 2.05) is 0 Å². The van der Waals surface area contributed by atoms with Gasteiger partial charge in [0.2, 0.25) is 0 Å². The molecular formula is C22H20Br2. The van der Waals surface area contributed by atoms with Crippen LogP contribution < -0.4 is 0 Å². The first-order valence-corrected chi connectivity index (χ1v) is 10.8. The summed E-state index contributed by atoms with van der Waals surface area (Å²) in [6.45, 7) is 0. The Morgan fingerprint density at radius 2 is 1.42 bits per heavy atom. The molecule has 1 spiro atoms. The maximum Gasteiger partial charge on any atom is 0.0256 e. The first kappa shape index (κ1) is 14.6. The van der Waals surface area contributed by atoms with Crippen LogP contribution in [0.25, 0.3) is 11.1 Å². The van der Waals surface area contributed by atoms with E-state index in [9.17, 15) is 0 Å². The van der Waals surface area contributed by atoms with Crippen molar-refractivity contribution in [2.75, 3.05) is 0 Å². The van der Waals surface area contributed by atoms with Gasteiger partial charge in [0, 0.05) is 8.95 Å². The van der Waals surface area contributed by atoms with Crippen molar-refractivity contribution >= 4 is 31.9 Å². The third kappa shape index (κ3) is 1.75. The van der Waals surface area contributed by atoms with Gasteiger partial charge in [-0.05, 0) is 108 Å². The van der Waals surface area contributed by atoms with Crippen molar-refractivity contribution in [3.63, 3.8) is 0 Å². The minimum atomic E-state index is 0.749. The topological polar surface area (TPSA) is 0 Å². The molecule has 3 saturated carbocycles. The molecule has 0 radical (unpaired) electrons. The number of rotatable bonds is 1. The molecule has 0 aromatic heterocycles. The summed E-state index contributed by atoms with van der Waals surface area (Å²) in [5.74, 6) is 3.75. The van der Waals surface area contributed by atoms with E-state index < -0.39 is 0 Å². The Balaban J connectivity index is 1.53. The average molecular weight is 444 g/mol. The third-order valence-corrected chi connectivity index (χ3v) is 8.98. The Kier molecular flexibility index (Phi) is 2.89. The highest BCUT2D eigenvalue weighted by Crippen LogP contribution is 2.76. The van der Waals surface area contributed by atoms with Crippen molar-refractivity contribution in [1.29, 1.82) is 0 Å². The molecule has 2 heteroatoms. The van der Waals surface area contributed by atoms with Gasteiger partial charge in [0.1, 0.15) is 0 Å². The molecule has 4 aliphatic rings. The molecule has 0 N–H and O–H groups in total. The number of hydrogen-bond donors (Lipinski definition) is 0. The predicted molar refractivity (Wildman–Crippen MR) is 105 cm³/mol. The van der Waals surface area contributed by atoms with Crippen LogP contribution in [0.3, 0.4) is 0 Å². The van der Waals surface area contributed by atoms with Crippen molar-refractivity contribution in [2.24, 2.45) is 17.3 Å². The Hall–Kier alpha value is -0.600. The molecule has 0 aliphatic heterocycles. The van der Waals surface area contributed by atoms with Gasteiger partial charge in [-0.2, -0.15) is 0 Å². The second-order valence-electron chi connectivity index (χ2n) is 8.60. The third-order valence-electron chi connectivity index (χ3n) is 7.79. The molecule has 24 heavy (non-hydrogen) atoms. The lowest BCUT2D eigenvalue weighted by Crippen LogP contribution is -2.41. The van der Waals surface area contributed by atoms with Crippen LogP contribution in [0.15, 0.2) is 45.3 Å². The van der Waals surface area contributed by atoms with Crippen molar-refractivity contribution in [1.82, 2.24) is 0 Å². The van der Waals surface area contributed by atoms with E-state index in [1.165, 1.54) is 47.7 Å². The second-order valence-corrected chi connectivity index (χ2v) is 10.4. The number of halogens is 2. The summed E-state index contributed by atoms with van der Waals surface area (Å²) in [6, 6.07) is 13.8. The summed E-state index contributed by atoms with van der Waals surface area (Å²) in [4.78, 5) is 0. The number of fused-ring (bicyclic) bond motifs is 5. The molecule has 2 aromatic carbocycles. The molecule has 0 heterocycles.